The Morgan fingerprint density at radius 1 is 1.28 bits per heavy atom. The predicted octanol–water partition coefficient (Wildman–Crippen LogP) is 2.40. The molecule has 1 aromatic carbocycles. The third-order valence-electron chi connectivity index (χ3n) is 3.88. The summed E-state index contributed by atoms with van der Waals surface area (Å²) in [7, 11) is 0. The van der Waals surface area contributed by atoms with E-state index in [1.165, 1.54) is 10.9 Å². The van der Waals surface area contributed by atoms with E-state index in [1.807, 2.05) is 26.8 Å². The van der Waals surface area contributed by atoms with Gasteiger partial charge in [-0.1, -0.05) is 4.68 Å². The SMILES string of the molecule is CCOc1ccn(C2=CC(C)(C)Oc3cc4nonc4cc32)[n+](=O)c1. The Morgan fingerprint density at radius 2 is 2.04 bits per heavy atom. The van der Waals surface area contributed by atoms with Crippen molar-refractivity contribution >= 4 is 16.7 Å². The molecule has 0 fully saturated rings. The molecule has 0 N–H and O–H groups in total. The summed E-state index contributed by atoms with van der Waals surface area (Å²) in [5, 5.41) is 7.72. The van der Waals surface area contributed by atoms with Gasteiger partial charge in [0.2, 0.25) is 0 Å². The van der Waals surface area contributed by atoms with Crippen molar-refractivity contribution in [3.05, 3.63) is 47.1 Å². The Labute approximate surface area is 142 Å². The third kappa shape index (κ3) is 2.65. The zero-order valence-corrected chi connectivity index (χ0v) is 14.1. The zero-order valence-electron chi connectivity index (χ0n) is 14.1. The molecule has 1 aliphatic heterocycles. The van der Waals surface area contributed by atoms with E-state index < -0.39 is 5.60 Å². The fourth-order valence-corrected chi connectivity index (χ4v) is 2.87. The molecule has 1 aliphatic rings. The summed E-state index contributed by atoms with van der Waals surface area (Å²) in [5.74, 6) is 1.13. The van der Waals surface area contributed by atoms with Crippen molar-refractivity contribution in [3.8, 4) is 11.5 Å². The lowest BCUT2D eigenvalue weighted by Gasteiger charge is -2.29. The standard InChI is InChI=1S/C17H17N4O4/c1-4-23-11-5-6-20(21(22)10-11)15-9-17(2,3)24-16-8-14-13(7-12(15)16)18-25-19-14/h5-10H,4H2,1-3H3/q+1. The molecule has 0 saturated heterocycles. The number of aromatic nitrogens is 4. The molecule has 4 rings (SSSR count). The Bertz CT molecular complexity index is 1050. The van der Waals surface area contributed by atoms with Crippen LogP contribution >= 0.6 is 0 Å². The highest BCUT2D eigenvalue weighted by Crippen LogP contribution is 2.38. The summed E-state index contributed by atoms with van der Waals surface area (Å²) < 4.78 is 18.4. The number of hydrogen-bond acceptors (Lipinski definition) is 6. The van der Waals surface area contributed by atoms with Crippen LogP contribution in [0.5, 0.6) is 11.5 Å². The van der Waals surface area contributed by atoms with Gasteiger partial charge in [-0.05, 0) is 43.2 Å². The molecule has 0 aliphatic carbocycles. The summed E-state index contributed by atoms with van der Waals surface area (Å²) in [5.41, 5.74) is 2.03. The smallest absolute Gasteiger partial charge is 0.299 e. The van der Waals surface area contributed by atoms with Crippen LogP contribution in [0.3, 0.4) is 0 Å². The lowest BCUT2D eigenvalue weighted by Crippen LogP contribution is -2.35. The average Bonchev–Trinajstić information content (AvgIpc) is 2.99. The molecule has 0 saturated carbocycles. The first-order valence-corrected chi connectivity index (χ1v) is 7.94. The van der Waals surface area contributed by atoms with Crippen LogP contribution in [0.25, 0.3) is 16.7 Å². The van der Waals surface area contributed by atoms with Gasteiger partial charge in [0.05, 0.1) is 17.7 Å². The van der Waals surface area contributed by atoms with Crippen LogP contribution in [-0.2, 0) is 0 Å². The minimum atomic E-state index is -0.592. The molecule has 0 unspecified atom stereocenters. The van der Waals surface area contributed by atoms with Crippen LogP contribution in [0.4, 0.5) is 0 Å². The first kappa shape index (κ1) is 15.4. The van der Waals surface area contributed by atoms with Gasteiger partial charge >= 0.3 is 0 Å². The second kappa shape index (κ2) is 5.44. The summed E-state index contributed by atoms with van der Waals surface area (Å²) in [4.78, 5) is 12.5. The van der Waals surface area contributed by atoms with E-state index in [0.29, 0.717) is 34.8 Å². The van der Waals surface area contributed by atoms with Crippen LogP contribution < -0.4 is 14.0 Å². The monoisotopic (exact) mass is 341 g/mol. The third-order valence-corrected chi connectivity index (χ3v) is 3.88. The van der Waals surface area contributed by atoms with Crippen molar-refractivity contribution in [1.29, 1.82) is 0 Å². The van der Waals surface area contributed by atoms with Crippen LogP contribution in [0.1, 0.15) is 26.3 Å². The summed E-state index contributed by atoms with van der Waals surface area (Å²) in [6.45, 7) is 6.21. The maximum atomic E-state index is 12.5. The Balaban J connectivity index is 1.91. The molecule has 8 heteroatoms. The number of nitrogens with zero attached hydrogens (tertiary/aromatic N) is 4. The molecule has 3 heterocycles. The van der Waals surface area contributed by atoms with Crippen molar-refractivity contribution < 1.29 is 18.6 Å². The van der Waals surface area contributed by atoms with E-state index in [0.717, 1.165) is 10.1 Å². The minimum absolute atomic E-state index is 0.494. The fourth-order valence-electron chi connectivity index (χ4n) is 2.87. The van der Waals surface area contributed by atoms with Gasteiger partial charge in [-0.15, -0.1) is 0 Å². The lowest BCUT2D eigenvalue weighted by molar-refractivity contribution is -0.585. The Hall–Kier alpha value is -3.16. The minimum Gasteiger partial charge on any atom is -0.487 e. The second-order valence-corrected chi connectivity index (χ2v) is 6.26. The van der Waals surface area contributed by atoms with Gasteiger partial charge in [0.25, 0.3) is 6.20 Å². The van der Waals surface area contributed by atoms with E-state index in [2.05, 4.69) is 10.3 Å². The predicted molar refractivity (Wildman–Crippen MR) is 88.9 cm³/mol. The highest BCUT2D eigenvalue weighted by Gasteiger charge is 2.31. The fraction of sp³-hybridized carbons (Fsp3) is 0.294. The molecular formula is C17H17N4O4+. The highest BCUT2D eigenvalue weighted by molar-refractivity contribution is 5.84. The van der Waals surface area contributed by atoms with Gasteiger partial charge in [-0.25, -0.2) is 4.63 Å². The quantitative estimate of drug-likeness (QED) is 0.680. The van der Waals surface area contributed by atoms with Crippen LogP contribution in [0.2, 0.25) is 0 Å². The van der Waals surface area contributed by atoms with Crippen molar-refractivity contribution in [2.75, 3.05) is 6.61 Å². The van der Waals surface area contributed by atoms with Crippen molar-refractivity contribution in [2.45, 2.75) is 26.4 Å². The van der Waals surface area contributed by atoms with Crippen molar-refractivity contribution in [1.82, 2.24) is 15.0 Å². The van der Waals surface area contributed by atoms with E-state index in [9.17, 15) is 4.91 Å². The topological polar surface area (TPSA) is 85.3 Å². The zero-order chi connectivity index (χ0) is 17.6. The van der Waals surface area contributed by atoms with Gasteiger partial charge in [-0.2, -0.15) is 0 Å². The van der Waals surface area contributed by atoms with Crippen LogP contribution in [-0.4, -0.2) is 27.2 Å². The van der Waals surface area contributed by atoms with E-state index in [4.69, 9.17) is 14.1 Å². The molecule has 0 spiro atoms. The molecule has 0 radical (unpaired) electrons. The maximum absolute atomic E-state index is 12.5. The molecular weight excluding hydrogens is 324 g/mol. The highest BCUT2D eigenvalue weighted by atomic mass is 16.6. The Kier molecular flexibility index (Phi) is 3.34. The van der Waals surface area contributed by atoms with Gasteiger partial charge in [0, 0.05) is 17.7 Å². The summed E-state index contributed by atoms with van der Waals surface area (Å²) in [6.07, 6.45) is 4.95. The van der Waals surface area contributed by atoms with Crippen LogP contribution in [0, 0.1) is 4.91 Å². The number of rotatable bonds is 3. The van der Waals surface area contributed by atoms with Crippen molar-refractivity contribution in [3.63, 3.8) is 0 Å². The Morgan fingerprint density at radius 3 is 2.76 bits per heavy atom. The van der Waals surface area contributed by atoms with Gasteiger partial charge in [-0.3, -0.25) is 0 Å². The second-order valence-electron chi connectivity index (χ2n) is 6.26. The van der Waals surface area contributed by atoms with Crippen molar-refractivity contribution in [2.24, 2.45) is 0 Å². The maximum Gasteiger partial charge on any atom is 0.299 e. The van der Waals surface area contributed by atoms with E-state index >= 15 is 0 Å². The van der Waals surface area contributed by atoms with Crippen LogP contribution in [0.15, 0.2) is 41.3 Å². The molecule has 0 atom stereocenters. The van der Waals surface area contributed by atoms with Gasteiger partial charge in [0.15, 0.2) is 10.3 Å². The summed E-state index contributed by atoms with van der Waals surface area (Å²) >= 11 is 0. The molecule has 0 amide bonds. The number of benzene rings is 1. The molecule has 128 valence electrons. The summed E-state index contributed by atoms with van der Waals surface area (Å²) in [6, 6.07) is 5.31. The number of hydrogen-bond donors (Lipinski definition) is 0. The molecule has 8 nitrogen and oxygen atoms in total. The number of fused-ring (bicyclic) bond motifs is 2. The number of ether oxygens (including phenoxy) is 2. The molecule has 3 aromatic rings. The van der Waals surface area contributed by atoms with E-state index in [1.54, 1.807) is 24.4 Å². The first-order valence-electron chi connectivity index (χ1n) is 7.94. The average molecular weight is 341 g/mol. The van der Waals surface area contributed by atoms with Gasteiger partial charge in [0.1, 0.15) is 28.1 Å². The molecule has 25 heavy (non-hydrogen) atoms. The van der Waals surface area contributed by atoms with E-state index in [-0.39, 0.29) is 0 Å². The molecule has 2 aromatic heterocycles. The molecule has 0 bridgehead atoms. The largest absolute Gasteiger partial charge is 0.487 e. The first-order chi connectivity index (χ1) is 12.0. The lowest BCUT2D eigenvalue weighted by atomic mass is 9.98. The van der Waals surface area contributed by atoms with Gasteiger partial charge < -0.3 is 9.47 Å². The normalized spacial score (nSPS) is 15.4.